The van der Waals surface area contributed by atoms with Crippen LogP contribution in [0.25, 0.3) is 33.9 Å². The number of sulfonamides is 1. The minimum absolute atomic E-state index is 0.0438. The van der Waals surface area contributed by atoms with Gasteiger partial charge in [-0.2, -0.15) is 0 Å². The molecular weight excluding hydrogens is 400 g/mol. The fraction of sp³-hybridized carbons (Fsp3) is 0.0476. The first-order valence-electron chi connectivity index (χ1n) is 9.01. The minimum atomic E-state index is -3.80. The second kappa shape index (κ2) is 7.97. The van der Waals surface area contributed by atoms with E-state index >= 15 is 0 Å². The summed E-state index contributed by atoms with van der Waals surface area (Å²) in [6.07, 6.45) is 5.04. The van der Waals surface area contributed by atoms with Gasteiger partial charge in [-0.25, -0.2) is 23.5 Å². The van der Waals surface area contributed by atoms with Gasteiger partial charge in [-0.3, -0.25) is 9.97 Å². The van der Waals surface area contributed by atoms with E-state index in [9.17, 15) is 8.42 Å². The zero-order valence-electron chi connectivity index (χ0n) is 16.0. The smallest absolute Gasteiger partial charge is 0.238 e. The summed E-state index contributed by atoms with van der Waals surface area (Å²) in [5, 5.41) is 8.29. The van der Waals surface area contributed by atoms with Crippen LogP contribution >= 0.6 is 0 Å². The summed E-state index contributed by atoms with van der Waals surface area (Å²) < 4.78 is 23.4. The van der Waals surface area contributed by atoms with E-state index in [1.807, 2.05) is 30.3 Å². The van der Waals surface area contributed by atoms with E-state index in [0.717, 1.165) is 11.1 Å². The standard InChI is InChI=1S/C21H18N6O2S/c1-23-20-11-19(26-21(27-20)18-7-2-3-8-25-18)16-9-15(12-24-13-16)14-5-4-6-17(10-14)30(22,28)29/h2-13H,1H3,(H2,22,28,29)(H,23,26,27). The molecule has 3 N–H and O–H groups in total. The van der Waals surface area contributed by atoms with Crippen molar-refractivity contribution in [2.45, 2.75) is 4.90 Å². The van der Waals surface area contributed by atoms with Crippen molar-refractivity contribution >= 4 is 15.8 Å². The van der Waals surface area contributed by atoms with Crippen molar-refractivity contribution in [3.63, 3.8) is 0 Å². The Kier molecular flexibility index (Phi) is 5.21. The molecule has 0 radical (unpaired) electrons. The summed E-state index contributed by atoms with van der Waals surface area (Å²) in [7, 11) is -2.02. The predicted octanol–water partition coefficient (Wildman–Crippen LogP) is 2.96. The number of anilines is 1. The molecule has 0 amide bonds. The highest BCUT2D eigenvalue weighted by molar-refractivity contribution is 7.89. The van der Waals surface area contributed by atoms with E-state index in [-0.39, 0.29) is 4.90 Å². The largest absolute Gasteiger partial charge is 0.373 e. The van der Waals surface area contributed by atoms with E-state index < -0.39 is 10.0 Å². The Morgan fingerprint density at radius 1 is 0.867 bits per heavy atom. The molecule has 30 heavy (non-hydrogen) atoms. The second-order valence-electron chi connectivity index (χ2n) is 6.46. The van der Waals surface area contributed by atoms with Gasteiger partial charge < -0.3 is 5.32 Å². The third kappa shape index (κ3) is 4.17. The molecule has 0 spiro atoms. The molecule has 0 unspecified atom stereocenters. The van der Waals surface area contributed by atoms with Crippen molar-refractivity contribution in [3.05, 3.63) is 73.2 Å². The molecule has 0 bridgehead atoms. The van der Waals surface area contributed by atoms with E-state index in [2.05, 4.69) is 25.3 Å². The summed E-state index contributed by atoms with van der Waals surface area (Å²) >= 11 is 0. The molecule has 9 heteroatoms. The summed E-state index contributed by atoms with van der Waals surface area (Å²) in [5.41, 5.74) is 3.49. The number of primary sulfonamides is 1. The van der Waals surface area contributed by atoms with E-state index in [1.165, 1.54) is 12.1 Å². The van der Waals surface area contributed by atoms with Crippen molar-refractivity contribution in [2.75, 3.05) is 12.4 Å². The fourth-order valence-corrected chi connectivity index (χ4v) is 3.48. The summed E-state index contributed by atoms with van der Waals surface area (Å²) in [4.78, 5) is 17.8. The zero-order chi connectivity index (χ0) is 21.1. The minimum Gasteiger partial charge on any atom is -0.373 e. The monoisotopic (exact) mass is 418 g/mol. The van der Waals surface area contributed by atoms with Crippen LogP contribution in [0.2, 0.25) is 0 Å². The van der Waals surface area contributed by atoms with Gasteiger partial charge in [0.05, 0.1) is 10.6 Å². The van der Waals surface area contributed by atoms with Gasteiger partial charge in [0.15, 0.2) is 5.82 Å². The number of pyridine rings is 2. The zero-order valence-corrected chi connectivity index (χ0v) is 16.8. The number of benzene rings is 1. The molecule has 8 nitrogen and oxygen atoms in total. The van der Waals surface area contributed by atoms with Crippen LogP contribution in [0.5, 0.6) is 0 Å². The van der Waals surface area contributed by atoms with Gasteiger partial charge in [0.1, 0.15) is 11.5 Å². The van der Waals surface area contributed by atoms with Gasteiger partial charge in [0, 0.05) is 42.8 Å². The van der Waals surface area contributed by atoms with Gasteiger partial charge in [-0.15, -0.1) is 0 Å². The molecule has 0 saturated heterocycles. The number of hydrogen-bond donors (Lipinski definition) is 2. The molecule has 0 fully saturated rings. The van der Waals surface area contributed by atoms with E-state index in [0.29, 0.717) is 28.6 Å². The van der Waals surface area contributed by atoms with Crippen molar-refractivity contribution in [1.29, 1.82) is 0 Å². The van der Waals surface area contributed by atoms with Crippen LogP contribution in [0.1, 0.15) is 0 Å². The predicted molar refractivity (Wildman–Crippen MR) is 115 cm³/mol. The summed E-state index contributed by atoms with van der Waals surface area (Å²) in [6.45, 7) is 0. The molecule has 0 aliphatic rings. The number of nitrogens with two attached hydrogens (primary N) is 1. The van der Waals surface area contributed by atoms with Crippen LogP contribution in [0.15, 0.2) is 78.1 Å². The molecule has 0 aliphatic heterocycles. The van der Waals surface area contributed by atoms with Gasteiger partial charge in [0.2, 0.25) is 10.0 Å². The molecule has 0 aliphatic carbocycles. The van der Waals surface area contributed by atoms with Crippen molar-refractivity contribution in [3.8, 4) is 33.9 Å². The second-order valence-corrected chi connectivity index (χ2v) is 8.02. The van der Waals surface area contributed by atoms with Crippen molar-refractivity contribution in [1.82, 2.24) is 19.9 Å². The third-order valence-corrected chi connectivity index (χ3v) is 5.32. The first-order valence-corrected chi connectivity index (χ1v) is 10.6. The Morgan fingerprint density at radius 2 is 1.70 bits per heavy atom. The quantitative estimate of drug-likeness (QED) is 0.510. The number of hydrogen-bond acceptors (Lipinski definition) is 7. The normalized spacial score (nSPS) is 11.3. The SMILES string of the molecule is CNc1cc(-c2cncc(-c3cccc(S(N)(=O)=O)c3)c2)nc(-c2ccccn2)n1. The topological polar surface area (TPSA) is 124 Å². The summed E-state index contributed by atoms with van der Waals surface area (Å²) in [6, 6.07) is 15.7. The van der Waals surface area contributed by atoms with Crippen LogP contribution in [0, 0.1) is 0 Å². The molecular formula is C21H18N6O2S. The average Bonchev–Trinajstić information content (AvgIpc) is 2.79. The highest BCUT2D eigenvalue weighted by atomic mass is 32.2. The van der Waals surface area contributed by atoms with Gasteiger partial charge in [-0.05, 0) is 35.9 Å². The number of nitrogens with zero attached hydrogens (tertiary/aromatic N) is 4. The van der Waals surface area contributed by atoms with Crippen LogP contribution in [-0.2, 0) is 10.0 Å². The summed E-state index contributed by atoms with van der Waals surface area (Å²) in [5.74, 6) is 1.13. The Morgan fingerprint density at radius 3 is 2.43 bits per heavy atom. The molecule has 4 rings (SSSR count). The maximum absolute atomic E-state index is 11.7. The maximum Gasteiger partial charge on any atom is 0.238 e. The van der Waals surface area contributed by atoms with E-state index in [1.54, 1.807) is 37.8 Å². The van der Waals surface area contributed by atoms with Crippen LogP contribution in [0.3, 0.4) is 0 Å². The van der Waals surface area contributed by atoms with Gasteiger partial charge in [0.25, 0.3) is 0 Å². The average molecular weight is 418 g/mol. The number of nitrogens with one attached hydrogen (secondary N) is 1. The lowest BCUT2D eigenvalue weighted by Gasteiger charge is -2.09. The van der Waals surface area contributed by atoms with Crippen LogP contribution in [-0.4, -0.2) is 35.4 Å². The molecule has 1 aromatic carbocycles. The number of aromatic nitrogens is 4. The lowest BCUT2D eigenvalue weighted by atomic mass is 10.0. The Labute approximate surface area is 173 Å². The Bertz CT molecular complexity index is 1310. The lowest BCUT2D eigenvalue weighted by Crippen LogP contribution is -2.11. The lowest BCUT2D eigenvalue weighted by molar-refractivity contribution is 0.598. The highest BCUT2D eigenvalue weighted by Crippen LogP contribution is 2.28. The Balaban J connectivity index is 1.80. The van der Waals surface area contributed by atoms with E-state index in [4.69, 9.17) is 5.14 Å². The van der Waals surface area contributed by atoms with Gasteiger partial charge >= 0.3 is 0 Å². The van der Waals surface area contributed by atoms with Crippen molar-refractivity contribution in [2.24, 2.45) is 5.14 Å². The highest BCUT2D eigenvalue weighted by Gasteiger charge is 2.12. The molecule has 3 heterocycles. The first kappa shape index (κ1) is 19.6. The van der Waals surface area contributed by atoms with Crippen LogP contribution < -0.4 is 10.5 Å². The van der Waals surface area contributed by atoms with Gasteiger partial charge in [-0.1, -0.05) is 18.2 Å². The fourth-order valence-electron chi connectivity index (χ4n) is 2.92. The molecule has 150 valence electrons. The molecule has 0 atom stereocenters. The molecule has 0 saturated carbocycles. The van der Waals surface area contributed by atoms with Crippen molar-refractivity contribution < 1.29 is 8.42 Å². The molecule has 4 aromatic rings. The third-order valence-electron chi connectivity index (χ3n) is 4.41. The maximum atomic E-state index is 11.7. The first-order chi connectivity index (χ1) is 14.4. The Hall–Kier alpha value is -3.69. The molecule has 3 aromatic heterocycles. The van der Waals surface area contributed by atoms with Crippen LogP contribution in [0.4, 0.5) is 5.82 Å². The number of rotatable bonds is 5.